The first-order chi connectivity index (χ1) is 18.6. The lowest BCUT2D eigenvalue weighted by Crippen LogP contribution is -2.09. The second kappa shape index (κ2) is 10.2. The lowest BCUT2D eigenvalue weighted by Gasteiger charge is -2.13. The van der Waals surface area contributed by atoms with Crippen molar-refractivity contribution in [1.82, 2.24) is 24.1 Å². The number of hydrogen-bond donors (Lipinski definition) is 2. The normalized spacial score (nSPS) is 12.6. The highest BCUT2D eigenvalue weighted by atomic mass is 32.2. The van der Waals surface area contributed by atoms with Crippen LogP contribution in [0.2, 0.25) is 0 Å². The number of methoxy groups -OCH3 is 1. The van der Waals surface area contributed by atoms with Crippen LogP contribution in [0.25, 0.3) is 28.2 Å². The first-order valence-electron chi connectivity index (χ1n) is 12.3. The Morgan fingerprint density at radius 3 is 2.59 bits per heavy atom. The first kappa shape index (κ1) is 26.4. The van der Waals surface area contributed by atoms with Crippen molar-refractivity contribution in [2.75, 3.05) is 18.7 Å². The van der Waals surface area contributed by atoms with E-state index in [0.717, 1.165) is 23.2 Å². The molecule has 0 fully saturated rings. The van der Waals surface area contributed by atoms with Crippen molar-refractivity contribution in [1.29, 1.82) is 0 Å². The van der Waals surface area contributed by atoms with Crippen molar-refractivity contribution < 1.29 is 18.3 Å². The van der Waals surface area contributed by atoms with Gasteiger partial charge in [-0.1, -0.05) is 24.3 Å². The Balaban J connectivity index is 1.58. The van der Waals surface area contributed by atoms with E-state index in [-0.39, 0.29) is 10.6 Å². The highest BCUT2D eigenvalue weighted by Gasteiger charge is 2.22. The van der Waals surface area contributed by atoms with Crippen molar-refractivity contribution >= 4 is 21.3 Å². The molecule has 39 heavy (non-hydrogen) atoms. The zero-order valence-corrected chi connectivity index (χ0v) is 23.2. The summed E-state index contributed by atoms with van der Waals surface area (Å²) < 4.78 is 33.8. The number of rotatable bonds is 8. The molecule has 10 nitrogen and oxygen atoms in total. The SMILES string of the molecule is COc1ccc(-c2c(C)nn3c(NCc4cccc(-c5nccn5C)c4)cc(C(C)O)nc23)cc1S(C)(=O)=O. The number of anilines is 1. The van der Waals surface area contributed by atoms with Crippen LogP contribution in [0.4, 0.5) is 5.82 Å². The first-order valence-corrected chi connectivity index (χ1v) is 14.2. The van der Waals surface area contributed by atoms with Gasteiger partial charge in [-0.15, -0.1) is 0 Å². The van der Waals surface area contributed by atoms with E-state index in [9.17, 15) is 13.5 Å². The molecule has 0 spiro atoms. The number of hydrogen-bond acceptors (Lipinski definition) is 8. The number of benzene rings is 2. The van der Waals surface area contributed by atoms with E-state index >= 15 is 0 Å². The molecule has 0 aliphatic carbocycles. The van der Waals surface area contributed by atoms with E-state index < -0.39 is 15.9 Å². The summed E-state index contributed by atoms with van der Waals surface area (Å²) in [5.74, 6) is 1.78. The largest absolute Gasteiger partial charge is 0.495 e. The molecule has 5 aromatic rings. The molecule has 0 aliphatic heterocycles. The molecular weight excluding hydrogens is 516 g/mol. The Kier molecular flexibility index (Phi) is 6.87. The van der Waals surface area contributed by atoms with Crippen molar-refractivity contribution in [2.45, 2.75) is 31.4 Å². The molecule has 0 aliphatic rings. The van der Waals surface area contributed by atoms with Crippen molar-refractivity contribution in [2.24, 2.45) is 7.05 Å². The monoisotopic (exact) mass is 546 g/mol. The van der Waals surface area contributed by atoms with Gasteiger partial charge < -0.3 is 19.7 Å². The van der Waals surface area contributed by atoms with Gasteiger partial charge in [-0.05, 0) is 43.2 Å². The highest BCUT2D eigenvalue weighted by Crippen LogP contribution is 2.35. The molecule has 11 heteroatoms. The van der Waals surface area contributed by atoms with Crippen molar-refractivity contribution in [3.63, 3.8) is 0 Å². The molecule has 0 bridgehead atoms. The van der Waals surface area contributed by atoms with Crippen LogP contribution in [0.1, 0.15) is 30.0 Å². The van der Waals surface area contributed by atoms with E-state index in [1.165, 1.54) is 7.11 Å². The number of ether oxygens (including phenoxy) is 1. The third-order valence-electron chi connectivity index (χ3n) is 6.54. The number of nitrogens with zero attached hydrogens (tertiary/aromatic N) is 5. The van der Waals surface area contributed by atoms with Gasteiger partial charge in [-0.25, -0.2) is 18.4 Å². The lowest BCUT2D eigenvalue weighted by atomic mass is 10.1. The van der Waals surface area contributed by atoms with Gasteiger partial charge in [0.15, 0.2) is 15.5 Å². The Bertz CT molecular complexity index is 1790. The molecule has 202 valence electrons. The van der Waals surface area contributed by atoms with Crippen LogP contribution in [-0.4, -0.2) is 51.0 Å². The van der Waals surface area contributed by atoms with Crippen LogP contribution in [0.15, 0.2) is 65.8 Å². The molecular formula is C28H30N6O4S. The standard InChI is InChI=1S/C28H30N6O4S/c1-17-26(20-9-10-23(38-4)24(14-20)39(5,36)37)28-31-22(18(2)35)15-25(34(28)32-17)30-16-19-7-6-8-21(13-19)27-29-11-12-33(27)3/h6-15,18,30,35H,16H2,1-5H3. The van der Waals surface area contributed by atoms with Gasteiger partial charge in [0.05, 0.1) is 24.6 Å². The van der Waals surface area contributed by atoms with Crippen LogP contribution in [0.5, 0.6) is 5.75 Å². The number of aryl methyl sites for hydroxylation is 2. The third kappa shape index (κ3) is 5.10. The molecule has 0 amide bonds. The maximum atomic E-state index is 12.5. The van der Waals surface area contributed by atoms with Crippen molar-refractivity contribution in [3.8, 4) is 28.3 Å². The molecule has 1 atom stereocenters. The fourth-order valence-electron chi connectivity index (χ4n) is 4.60. The van der Waals surface area contributed by atoms with Crippen LogP contribution >= 0.6 is 0 Å². The number of imidazole rings is 1. The number of fused-ring (bicyclic) bond motifs is 1. The summed E-state index contributed by atoms with van der Waals surface area (Å²) in [5.41, 5.74) is 4.97. The van der Waals surface area contributed by atoms with E-state index in [1.54, 1.807) is 41.9 Å². The predicted molar refractivity (Wildman–Crippen MR) is 149 cm³/mol. The zero-order chi connectivity index (χ0) is 27.9. The summed E-state index contributed by atoms with van der Waals surface area (Å²) in [6, 6.07) is 14.9. The second-order valence-electron chi connectivity index (χ2n) is 9.49. The van der Waals surface area contributed by atoms with Crippen LogP contribution in [0, 0.1) is 6.92 Å². The number of aliphatic hydroxyl groups is 1. The van der Waals surface area contributed by atoms with E-state index in [0.29, 0.717) is 40.5 Å². The van der Waals surface area contributed by atoms with Crippen LogP contribution in [0.3, 0.4) is 0 Å². The Labute approximate surface area is 226 Å². The Morgan fingerprint density at radius 2 is 1.92 bits per heavy atom. The second-order valence-corrected chi connectivity index (χ2v) is 11.5. The summed E-state index contributed by atoms with van der Waals surface area (Å²) >= 11 is 0. The lowest BCUT2D eigenvalue weighted by molar-refractivity contribution is 0.194. The zero-order valence-electron chi connectivity index (χ0n) is 22.4. The average molecular weight is 547 g/mol. The fraction of sp³-hybridized carbons (Fsp3) is 0.250. The molecule has 3 aromatic heterocycles. The minimum Gasteiger partial charge on any atom is -0.495 e. The topological polar surface area (TPSA) is 124 Å². The quantitative estimate of drug-likeness (QED) is 0.297. The Morgan fingerprint density at radius 1 is 1.13 bits per heavy atom. The number of sulfone groups is 1. The molecule has 2 N–H and O–H groups in total. The van der Waals surface area contributed by atoms with Gasteiger partial charge >= 0.3 is 0 Å². The Hall–Kier alpha value is -4.22. The van der Waals surface area contributed by atoms with E-state index in [4.69, 9.17) is 14.8 Å². The summed E-state index contributed by atoms with van der Waals surface area (Å²) in [6.45, 7) is 3.99. The summed E-state index contributed by atoms with van der Waals surface area (Å²) in [7, 11) is -0.156. The minimum atomic E-state index is -3.55. The van der Waals surface area contributed by atoms with Crippen LogP contribution < -0.4 is 10.1 Å². The van der Waals surface area contributed by atoms with E-state index in [2.05, 4.69) is 16.4 Å². The summed E-state index contributed by atoms with van der Waals surface area (Å²) in [5, 5.41) is 18.6. The maximum Gasteiger partial charge on any atom is 0.179 e. The molecule has 3 heterocycles. The highest BCUT2D eigenvalue weighted by molar-refractivity contribution is 7.90. The molecule has 0 radical (unpaired) electrons. The summed E-state index contributed by atoms with van der Waals surface area (Å²) in [6.07, 6.45) is 4.00. The van der Waals surface area contributed by atoms with Gasteiger partial charge in [0.1, 0.15) is 22.3 Å². The molecule has 0 saturated heterocycles. The molecule has 1 unspecified atom stereocenters. The van der Waals surface area contributed by atoms with Gasteiger partial charge in [0, 0.05) is 49.4 Å². The fourth-order valence-corrected chi connectivity index (χ4v) is 5.46. The van der Waals surface area contributed by atoms with E-state index in [1.807, 2.05) is 42.9 Å². The smallest absolute Gasteiger partial charge is 0.179 e. The number of nitrogens with one attached hydrogen (secondary N) is 1. The van der Waals surface area contributed by atoms with Gasteiger partial charge in [0.2, 0.25) is 0 Å². The maximum absolute atomic E-state index is 12.5. The molecule has 5 rings (SSSR count). The number of aliphatic hydroxyl groups excluding tert-OH is 1. The number of aromatic nitrogens is 5. The predicted octanol–water partition coefficient (Wildman–Crippen LogP) is 4.18. The van der Waals surface area contributed by atoms with Gasteiger partial charge in [-0.3, -0.25) is 0 Å². The minimum absolute atomic E-state index is 0.0823. The van der Waals surface area contributed by atoms with Crippen LogP contribution in [-0.2, 0) is 23.4 Å². The average Bonchev–Trinajstić information content (AvgIpc) is 3.48. The summed E-state index contributed by atoms with van der Waals surface area (Å²) in [4.78, 5) is 9.22. The van der Waals surface area contributed by atoms with Crippen molar-refractivity contribution in [3.05, 3.63) is 77.9 Å². The third-order valence-corrected chi connectivity index (χ3v) is 7.66. The van der Waals surface area contributed by atoms with Gasteiger partial charge in [-0.2, -0.15) is 9.61 Å². The van der Waals surface area contributed by atoms with Gasteiger partial charge in [0.25, 0.3) is 0 Å². The molecule has 2 aromatic carbocycles. The molecule has 0 saturated carbocycles.